The molecule has 1 saturated heterocycles. The van der Waals surface area contributed by atoms with Gasteiger partial charge in [-0.25, -0.2) is 8.42 Å². The van der Waals surface area contributed by atoms with Crippen molar-refractivity contribution in [2.75, 3.05) is 12.3 Å². The second-order valence-electron chi connectivity index (χ2n) is 4.25. The summed E-state index contributed by atoms with van der Waals surface area (Å²) in [5.74, 6) is 0.738. The van der Waals surface area contributed by atoms with Gasteiger partial charge in [0.05, 0.1) is 11.6 Å². The van der Waals surface area contributed by atoms with Crippen molar-refractivity contribution < 1.29 is 12.9 Å². The monoisotopic (exact) mass is 330 g/mol. The normalized spacial score (nSPS) is 20.4. The van der Waals surface area contributed by atoms with Gasteiger partial charge in [-0.1, -0.05) is 28.9 Å². The topological polar surface area (TPSA) is 63.4 Å². The molecule has 0 amide bonds. The number of halogens is 1. The first-order chi connectivity index (χ1) is 9.59. The van der Waals surface area contributed by atoms with Crippen LogP contribution in [0, 0.1) is 0 Å². The minimum atomic E-state index is -3.59. The molecule has 1 unspecified atom stereocenters. The lowest BCUT2D eigenvalue weighted by Crippen LogP contribution is -2.30. The summed E-state index contributed by atoms with van der Waals surface area (Å²) < 4.78 is 31.2. The Bertz CT molecular complexity index is 703. The van der Waals surface area contributed by atoms with Crippen molar-refractivity contribution in [3.63, 3.8) is 0 Å². The number of aromatic nitrogens is 1. The van der Waals surface area contributed by atoms with Gasteiger partial charge in [-0.05, 0) is 17.7 Å². The Morgan fingerprint density at radius 2 is 2.30 bits per heavy atom. The molecule has 0 N–H and O–H groups in total. The first kappa shape index (κ1) is 13.9. The predicted octanol–water partition coefficient (Wildman–Crippen LogP) is 2.76. The highest BCUT2D eigenvalue weighted by Gasteiger charge is 2.37. The Labute approximate surface area is 125 Å². The minimum Gasteiger partial charge on any atom is -0.363 e. The van der Waals surface area contributed by atoms with Gasteiger partial charge in [-0.2, -0.15) is 4.31 Å². The molecule has 1 atom stereocenters. The number of hydrogen-bond donors (Lipinski definition) is 0. The molecule has 0 saturated carbocycles. The van der Waals surface area contributed by atoms with Gasteiger partial charge >= 0.3 is 0 Å². The van der Waals surface area contributed by atoms with E-state index in [0.29, 0.717) is 11.6 Å². The SMILES string of the molecule is O=S(=O)(c1cnoc1)N1CCSC1c1cccc(Cl)c1. The van der Waals surface area contributed by atoms with Crippen LogP contribution in [0.4, 0.5) is 0 Å². The summed E-state index contributed by atoms with van der Waals surface area (Å²) in [5.41, 5.74) is 0.875. The van der Waals surface area contributed by atoms with E-state index >= 15 is 0 Å². The largest absolute Gasteiger partial charge is 0.363 e. The molecule has 1 aromatic heterocycles. The third kappa shape index (κ3) is 2.46. The molecular weight excluding hydrogens is 320 g/mol. The Hall–Kier alpha value is -1.02. The van der Waals surface area contributed by atoms with Gasteiger partial charge in [0.2, 0.25) is 10.0 Å². The van der Waals surface area contributed by atoms with Gasteiger partial charge < -0.3 is 4.52 Å². The zero-order valence-electron chi connectivity index (χ0n) is 10.3. The second kappa shape index (κ2) is 5.40. The van der Waals surface area contributed by atoms with Gasteiger partial charge in [-0.15, -0.1) is 11.8 Å². The number of nitrogens with zero attached hydrogens (tertiary/aromatic N) is 2. The maximum Gasteiger partial charge on any atom is 0.249 e. The molecule has 106 valence electrons. The summed E-state index contributed by atoms with van der Waals surface area (Å²) in [6.07, 6.45) is 2.36. The van der Waals surface area contributed by atoms with E-state index in [1.807, 2.05) is 12.1 Å². The molecule has 2 aromatic rings. The van der Waals surface area contributed by atoms with Crippen LogP contribution in [-0.4, -0.2) is 30.2 Å². The lowest BCUT2D eigenvalue weighted by molar-refractivity contribution is 0.414. The number of thioether (sulfide) groups is 1. The fourth-order valence-corrected chi connectivity index (χ4v) is 5.37. The van der Waals surface area contributed by atoms with Gasteiger partial charge in [0.1, 0.15) is 11.2 Å². The number of rotatable bonds is 3. The molecule has 1 aliphatic rings. The highest BCUT2D eigenvalue weighted by Crippen LogP contribution is 2.41. The van der Waals surface area contributed by atoms with Crippen molar-refractivity contribution in [2.24, 2.45) is 0 Å². The third-order valence-corrected chi connectivity index (χ3v) is 6.44. The first-order valence-electron chi connectivity index (χ1n) is 5.87. The Kier molecular flexibility index (Phi) is 3.76. The van der Waals surface area contributed by atoms with E-state index in [9.17, 15) is 8.42 Å². The van der Waals surface area contributed by atoms with Crippen molar-refractivity contribution in [3.8, 4) is 0 Å². The number of hydrogen-bond acceptors (Lipinski definition) is 5. The fraction of sp³-hybridized carbons (Fsp3) is 0.250. The lowest BCUT2D eigenvalue weighted by atomic mass is 10.2. The van der Waals surface area contributed by atoms with E-state index in [-0.39, 0.29) is 10.3 Å². The molecule has 1 aromatic carbocycles. The van der Waals surface area contributed by atoms with Crippen molar-refractivity contribution in [3.05, 3.63) is 47.3 Å². The molecule has 0 bridgehead atoms. The fourth-order valence-electron chi connectivity index (χ4n) is 2.08. The van der Waals surface area contributed by atoms with E-state index in [0.717, 1.165) is 17.6 Å². The highest BCUT2D eigenvalue weighted by atomic mass is 35.5. The molecule has 2 heterocycles. The van der Waals surface area contributed by atoms with E-state index in [1.54, 1.807) is 23.9 Å². The summed E-state index contributed by atoms with van der Waals surface area (Å²) in [6.45, 7) is 0.454. The number of sulfonamides is 1. The van der Waals surface area contributed by atoms with Crippen LogP contribution in [0.15, 0.2) is 46.1 Å². The average molecular weight is 331 g/mol. The van der Waals surface area contributed by atoms with Gasteiger partial charge in [0, 0.05) is 17.3 Å². The van der Waals surface area contributed by atoms with Crippen LogP contribution in [0.1, 0.15) is 10.9 Å². The average Bonchev–Trinajstić information content (AvgIpc) is 3.11. The van der Waals surface area contributed by atoms with Crippen LogP contribution in [0.2, 0.25) is 5.02 Å². The summed E-state index contributed by atoms with van der Waals surface area (Å²) in [5, 5.41) is 3.79. The molecular formula is C12H11ClN2O3S2. The molecule has 5 nitrogen and oxygen atoms in total. The minimum absolute atomic E-state index is 0.0760. The second-order valence-corrected chi connectivity index (χ2v) is 7.77. The van der Waals surface area contributed by atoms with Gasteiger partial charge in [0.25, 0.3) is 0 Å². The maximum absolute atomic E-state index is 12.5. The molecule has 8 heteroatoms. The quantitative estimate of drug-likeness (QED) is 0.866. The maximum atomic E-state index is 12.5. The Balaban J connectivity index is 1.98. The molecule has 1 fully saturated rings. The zero-order chi connectivity index (χ0) is 14.2. The molecule has 0 radical (unpaired) electrons. The van der Waals surface area contributed by atoms with Crippen molar-refractivity contribution in [1.29, 1.82) is 0 Å². The van der Waals surface area contributed by atoms with Gasteiger partial charge in [0.15, 0.2) is 0 Å². The van der Waals surface area contributed by atoms with E-state index in [4.69, 9.17) is 11.6 Å². The molecule has 0 spiro atoms. The standard InChI is InChI=1S/C12H11ClN2O3S2/c13-10-3-1-2-9(6-10)12-15(4-5-19-12)20(16,17)11-7-14-18-8-11/h1-3,6-8,12H,4-5H2. The van der Waals surface area contributed by atoms with E-state index < -0.39 is 10.0 Å². The Morgan fingerprint density at radius 3 is 3.00 bits per heavy atom. The van der Waals surface area contributed by atoms with Crippen molar-refractivity contribution >= 4 is 33.4 Å². The molecule has 0 aliphatic carbocycles. The first-order valence-corrected chi connectivity index (χ1v) is 8.74. The van der Waals surface area contributed by atoms with Gasteiger partial charge in [-0.3, -0.25) is 0 Å². The van der Waals surface area contributed by atoms with Crippen LogP contribution < -0.4 is 0 Å². The summed E-state index contributed by atoms with van der Waals surface area (Å²) in [7, 11) is -3.59. The number of benzene rings is 1. The third-order valence-electron chi connectivity index (χ3n) is 3.00. The summed E-state index contributed by atoms with van der Waals surface area (Å²) in [6, 6.07) is 7.26. The van der Waals surface area contributed by atoms with Crippen LogP contribution in [-0.2, 0) is 10.0 Å². The Morgan fingerprint density at radius 1 is 1.45 bits per heavy atom. The van der Waals surface area contributed by atoms with Crippen LogP contribution >= 0.6 is 23.4 Å². The van der Waals surface area contributed by atoms with Crippen LogP contribution in [0.5, 0.6) is 0 Å². The van der Waals surface area contributed by atoms with Crippen molar-refractivity contribution in [1.82, 2.24) is 9.46 Å². The van der Waals surface area contributed by atoms with E-state index in [1.165, 1.54) is 10.5 Å². The van der Waals surface area contributed by atoms with Crippen LogP contribution in [0.3, 0.4) is 0 Å². The molecule has 1 aliphatic heterocycles. The molecule has 20 heavy (non-hydrogen) atoms. The summed E-state index contributed by atoms with van der Waals surface area (Å²) in [4.78, 5) is 0.0760. The van der Waals surface area contributed by atoms with Crippen molar-refractivity contribution in [2.45, 2.75) is 10.3 Å². The summed E-state index contributed by atoms with van der Waals surface area (Å²) >= 11 is 7.56. The smallest absolute Gasteiger partial charge is 0.249 e. The highest BCUT2D eigenvalue weighted by molar-refractivity contribution is 8.01. The molecule has 3 rings (SSSR count). The lowest BCUT2D eigenvalue weighted by Gasteiger charge is -2.22. The van der Waals surface area contributed by atoms with E-state index in [2.05, 4.69) is 9.68 Å². The zero-order valence-corrected chi connectivity index (χ0v) is 12.7. The van der Waals surface area contributed by atoms with Crippen LogP contribution in [0.25, 0.3) is 0 Å². The predicted molar refractivity (Wildman–Crippen MR) is 77.0 cm³/mol.